The number of phenolic OH excluding ortho intramolecular Hbond substituents is 1. The summed E-state index contributed by atoms with van der Waals surface area (Å²) in [4.78, 5) is 42.5. The van der Waals surface area contributed by atoms with Gasteiger partial charge in [-0.25, -0.2) is 0 Å². The second-order valence-electron chi connectivity index (χ2n) is 10.1. The number of fused-ring (bicyclic) bond motifs is 2. The van der Waals surface area contributed by atoms with Gasteiger partial charge in [0.25, 0.3) is 0 Å². The molecular weight excluding hydrogens is 490 g/mol. The van der Waals surface area contributed by atoms with Crippen molar-refractivity contribution in [3.8, 4) is 5.75 Å². The predicted octanol–water partition coefficient (Wildman–Crippen LogP) is 4.01. The third-order valence-corrected chi connectivity index (χ3v) is 7.27. The Morgan fingerprint density at radius 1 is 0.949 bits per heavy atom. The Bertz CT molecular complexity index is 1280. The fourth-order valence-electron chi connectivity index (χ4n) is 5.12. The summed E-state index contributed by atoms with van der Waals surface area (Å²) in [7, 11) is 0. The molecule has 2 N–H and O–H groups in total. The van der Waals surface area contributed by atoms with Gasteiger partial charge in [-0.05, 0) is 48.6 Å². The summed E-state index contributed by atoms with van der Waals surface area (Å²) in [6.45, 7) is 4.85. The molecule has 7 heteroatoms. The molecule has 204 valence electrons. The third kappa shape index (κ3) is 7.05. The number of carbonyl (C=O) groups excluding carboxylic acids is 3. The van der Waals surface area contributed by atoms with E-state index in [4.69, 9.17) is 0 Å². The van der Waals surface area contributed by atoms with E-state index < -0.39 is 12.1 Å². The summed E-state index contributed by atoms with van der Waals surface area (Å²) in [5.41, 5.74) is 4.48. The van der Waals surface area contributed by atoms with Crippen LogP contribution in [0.4, 0.5) is 0 Å². The Hall–Kier alpha value is -4.13. The van der Waals surface area contributed by atoms with Crippen molar-refractivity contribution in [2.45, 2.75) is 58.2 Å². The van der Waals surface area contributed by atoms with Gasteiger partial charge in [-0.15, -0.1) is 0 Å². The van der Waals surface area contributed by atoms with Gasteiger partial charge in [-0.2, -0.15) is 0 Å². The predicted molar refractivity (Wildman–Crippen MR) is 151 cm³/mol. The largest absolute Gasteiger partial charge is 0.508 e. The number of aromatic hydroxyl groups is 1. The summed E-state index contributed by atoms with van der Waals surface area (Å²) in [6.07, 6.45) is 2.34. The second kappa shape index (κ2) is 13.1. The van der Waals surface area contributed by atoms with Crippen molar-refractivity contribution in [1.82, 2.24) is 15.1 Å². The molecule has 0 spiro atoms. The van der Waals surface area contributed by atoms with E-state index in [-0.39, 0.29) is 30.0 Å². The van der Waals surface area contributed by atoms with Gasteiger partial charge in [0.15, 0.2) is 0 Å². The van der Waals surface area contributed by atoms with Crippen LogP contribution in [0.5, 0.6) is 5.75 Å². The van der Waals surface area contributed by atoms with Gasteiger partial charge in [-0.3, -0.25) is 14.4 Å². The molecule has 0 bridgehead atoms. The minimum atomic E-state index is -0.657. The topological polar surface area (TPSA) is 89.9 Å². The van der Waals surface area contributed by atoms with Crippen LogP contribution in [0, 0.1) is 6.92 Å². The second-order valence-corrected chi connectivity index (χ2v) is 10.1. The number of piperazine rings is 1. The number of nitrogens with one attached hydrogen (secondary N) is 1. The molecule has 3 amide bonds. The fourth-order valence-corrected chi connectivity index (χ4v) is 5.12. The van der Waals surface area contributed by atoms with Crippen molar-refractivity contribution in [1.29, 1.82) is 0 Å². The summed E-state index contributed by atoms with van der Waals surface area (Å²) < 4.78 is 0. The van der Waals surface area contributed by atoms with Gasteiger partial charge in [0.1, 0.15) is 24.4 Å². The maximum Gasteiger partial charge on any atom is 0.246 e. The molecule has 5 rings (SSSR count). The fraction of sp³-hybridized carbons (Fsp3) is 0.344. The van der Waals surface area contributed by atoms with Gasteiger partial charge >= 0.3 is 0 Å². The van der Waals surface area contributed by atoms with Crippen LogP contribution < -0.4 is 5.32 Å². The van der Waals surface area contributed by atoms with Crippen molar-refractivity contribution < 1.29 is 19.5 Å². The number of hydrogen-bond acceptors (Lipinski definition) is 4. The van der Waals surface area contributed by atoms with E-state index in [1.165, 1.54) is 10.5 Å². The third-order valence-electron chi connectivity index (χ3n) is 7.27. The first kappa shape index (κ1) is 27.9. The Kier molecular flexibility index (Phi) is 9.36. The van der Waals surface area contributed by atoms with E-state index >= 15 is 0 Å². The number of carbonyl (C=O) groups is 3. The zero-order valence-corrected chi connectivity index (χ0v) is 22.7. The van der Waals surface area contributed by atoms with Crippen molar-refractivity contribution in [2.24, 2.45) is 0 Å². The molecule has 0 saturated carbocycles. The quantitative estimate of drug-likeness (QED) is 0.486. The molecule has 0 aliphatic carbocycles. The lowest BCUT2D eigenvalue weighted by Crippen LogP contribution is -2.65. The van der Waals surface area contributed by atoms with E-state index in [1.54, 1.807) is 17.0 Å². The lowest BCUT2D eigenvalue weighted by Gasteiger charge is -2.45. The average Bonchev–Trinajstić information content (AvgIpc) is 2.95. The monoisotopic (exact) mass is 527 g/mol. The van der Waals surface area contributed by atoms with Crippen molar-refractivity contribution in [2.75, 3.05) is 13.1 Å². The molecule has 0 aromatic heterocycles. The molecular formula is C32H37N3O4. The number of rotatable bonds is 7. The number of aryl methyl sites for hydroxylation is 1. The number of hydrogen-bond donors (Lipinski definition) is 2. The minimum Gasteiger partial charge on any atom is -0.508 e. The molecule has 1 fully saturated rings. The first-order chi connectivity index (χ1) is 18.9. The van der Waals surface area contributed by atoms with Crippen LogP contribution in [0.2, 0.25) is 0 Å². The molecule has 1 saturated heterocycles. The molecule has 0 radical (unpaired) electrons. The Morgan fingerprint density at radius 3 is 2.26 bits per heavy atom. The highest BCUT2D eigenvalue weighted by molar-refractivity contribution is 5.98. The maximum atomic E-state index is 13.4. The Balaban J connectivity index is 0.000000438. The molecule has 3 aromatic rings. The smallest absolute Gasteiger partial charge is 0.246 e. The number of phenols is 1. The van der Waals surface area contributed by atoms with Gasteiger partial charge in [0.05, 0.1) is 0 Å². The summed E-state index contributed by atoms with van der Waals surface area (Å²) in [6, 6.07) is 23.8. The molecule has 7 nitrogen and oxygen atoms in total. The lowest BCUT2D eigenvalue weighted by molar-refractivity contribution is -0.161. The summed E-state index contributed by atoms with van der Waals surface area (Å²) in [5.74, 6) is -0.279. The molecule has 2 aliphatic heterocycles. The van der Waals surface area contributed by atoms with E-state index in [2.05, 4.69) is 24.4 Å². The molecule has 2 atom stereocenters. The molecule has 2 heterocycles. The molecule has 39 heavy (non-hydrogen) atoms. The minimum absolute atomic E-state index is 0.0620. The summed E-state index contributed by atoms with van der Waals surface area (Å²) in [5, 5.41) is 12.3. The van der Waals surface area contributed by atoms with Crippen LogP contribution in [0.1, 0.15) is 42.0 Å². The first-order valence-electron chi connectivity index (χ1n) is 13.6. The highest BCUT2D eigenvalue weighted by Gasteiger charge is 2.45. The summed E-state index contributed by atoms with van der Waals surface area (Å²) >= 11 is 0. The van der Waals surface area contributed by atoms with Crippen LogP contribution in [0.15, 0.2) is 78.9 Å². The molecule has 1 unspecified atom stereocenters. The molecule has 2 aliphatic rings. The Morgan fingerprint density at radius 2 is 1.62 bits per heavy atom. The zero-order chi connectivity index (χ0) is 27.8. The SMILES string of the molecule is CCCC(C(=O)NCCc1ccc(O)cc1)N1CC(=O)N2Cc3ccccc3C[C@H]2C1=O.Cc1ccccc1. The van der Waals surface area contributed by atoms with E-state index in [9.17, 15) is 19.5 Å². The number of benzene rings is 3. The van der Waals surface area contributed by atoms with Crippen LogP contribution in [0.3, 0.4) is 0 Å². The van der Waals surface area contributed by atoms with Crippen LogP contribution in [-0.4, -0.2) is 57.8 Å². The average molecular weight is 528 g/mol. The van der Waals surface area contributed by atoms with Gasteiger partial charge < -0.3 is 20.2 Å². The number of amides is 3. The van der Waals surface area contributed by atoms with Crippen LogP contribution in [0.25, 0.3) is 0 Å². The van der Waals surface area contributed by atoms with Crippen LogP contribution in [-0.2, 0) is 33.8 Å². The first-order valence-corrected chi connectivity index (χ1v) is 13.6. The molecule has 3 aromatic carbocycles. The normalized spacial score (nSPS) is 16.9. The number of nitrogens with zero attached hydrogens (tertiary/aromatic N) is 2. The van der Waals surface area contributed by atoms with E-state index in [0.717, 1.165) is 23.1 Å². The van der Waals surface area contributed by atoms with Gasteiger partial charge in [0.2, 0.25) is 17.7 Å². The standard InChI is InChI=1S/C25H29N3O4.C7H8/c1-2-5-21(24(31)26-13-12-17-8-10-20(29)11-9-17)28-16-23(30)27-15-19-7-4-3-6-18(19)14-22(27)25(28)32;1-7-5-3-2-4-6-7/h3-4,6-11,21-22,29H,2,5,12-16H2,1H3,(H,26,31);2-6H,1H3/t21?,22-;/m0./s1. The highest BCUT2D eigenvalue weighted by Crippen LogP contribution is 2.28. The van der Waals surface area contributed by atoms with Crippen LogP contribution >= 0.6 is 0 Å². The van der Waals surface area contributed by atoms with E-state index in [0.29, 0.717) is 32.4 Å². The highest BCUT2D eigenvalue weighted by atomic mass is 16.3. The van der Waals surface area contributed by atoms with E-state index in [1.807, 2.05) is 61.5 Å². The zero-order valence-electron chi connectivity index (χ0n) is 22.7. The van der Waals surface area contributed by atoms with Gasteiger partial charge in [-0.1, -0.05) is 85.6 Å². The van der Waals surface area contributed by atoms with Gasteiger partial charge in [0, 0.05) is 19.5 Å². The Labute approximate surface area is 230 Å². The van der Waals surface area contributed by atoms with Crippen molar-refractivity contribution >= 4 is 17.7 Å². The lowest BCUT2D eigenvalue weighted by atomic mass is 9.91. The van der Waals surface area contributed by atoms with Crippen molar-refractivity contribution in [3.05, 3.63) is 101 Å². The van der Waals surface area contributed by atoms with Crippen molar-refractivity contribution in [3.63, 3.8) is 0 Å². The maximum absolute atomic E-state index is 13.4.